The van der Waals surface area contributed by atoms with Crippen LogP contribution in [-0.4, -0.2) is 29.7 Å². The Bertz CT molecular complexity index is 1480. The standard InChI is InChI=1S/C22H17ClN6O2/c1-14-2-8-17(9-3-14)24-20(30)13-29-22(31)27-10-11-28-19(21(27)26-29)12-18(25-28)15-4-6-16(23)7-5-15/h2-12H,13H2,1H3,(H,24,30). The van der Waals surface area contributed by atoms with Gasteiger partial charge in [-0.3, -0.25) is 4.79 Å². The Morgan fingerprint density at radius 3 is 2.52 bits per heavy atom. The highest BCUT2D eigenvalue weighted by atomic mass is 35.5. The van der Waals surface area contributed by atoms with Crippen LogP contribution in [0.25, 0.3) is 22.4 Å². The maximum atomic E-state index is 12.8. The lowest BCUT2D eigenvalue weighted by Crippen LogP contribution is -2.28. The summed E-state index contributed by atoms with van der Waals surface area (Å²) in [4.78, 5) is 25.2. The first kappa shape index (κ1) is 19.1. The molecule has 1 N–H and O–H groups in total. The summed E-state index contributed by atoms with van der Waals surface area (Å²) < 4.78 is 4.21. The number of anilines is 1. The quantitative estimate of drug-likeness (QED) is 0.471. The lowest BCUT2D eigenvalue weighted by atomic mass is 10.1. The number of rotatable bonds is 4. The molecular formula is C22H17ClN6O2. The summed E-state index contributed by atoms with van der Waals surface area (Å²) in [5, 5.41) is 12.4. The summed E-state index contributed by atoms with van der Waals surface area (Å²) in [5.74, 6) is -0.333. The van der Waals surface area contributed by atoms with Gasteiger partial charge in [-0.1, -0.05) is 41.4 Å². The van der Waals surface area contributed by atoms with Crippen molar-refractivity contribution in [2.75, 3.05) is 5.32 Å². The monoisotopic (exact) mass is 432 g/mol. The molecule has 2 aromatic carbocycles. The summed E-state index contributed by atoms with van der Waals surface area (Å²) >= 11 is 5.97. The summed E-state index contributed by atoms with van der Waals surface area (Å²) in [6.45, 7) is 1.77. The number of benzene rings is 2. The van der Waals surface area contributed by atoms with Gasteiger partial charge in [0.25, 0.3) is 0 Å². The molecule has 31 heavy (non-hydrogen) atoms. The van der Waals surface area contributed by atoms with Gasteiger partial charge < -0.3 is 5.32 Å². The first-order chi connectivity index (χ1) is 15.0. The van der Waals surface area contributed by atoms with Gasteiger partial charge in [0.05, 0.1) is 5.69 Å². The van der Waals surface area contributed by atoms with E-state index in [1.807, 2.05) is 49.4 Å². The largest absolute Gasteiger partial charge is 0.350 e. The van der Waals surface area contributed by atoms with Gasteiger partial charge in [-0.2, -0.15) is 5.10 Å². The van der Waals surface area contributed by atoms with Crippen molar-refractivity contribution in [2.45, 2.75) is 13.5 Å². The lowest BCUT2D eigenvalue weighted by Gasteiger charge is -2.04. The fourth-order valence-electron chi connectivity index (χ4n) is 3.37. The average Bonchev–Trinajstić information content (AvgIpc) is 3.32. The molecular weight excluding hydrogens is 416 g/mol. The Kier molecular flexibility index (Phi) is 4.56. The number of hydrogen-bond donors (Lipinski definition) is 1. The number of carbonyl (C=O) groups is 1. The van der Waals surface area contributed by atoms with E-state index in [1.54, 1.807) is 29.0 Å². The van der Waals surface area contributed by atoms with Crippen LogP contribution in [0.4, 0.5) is 5.69 Å². The van der Waals surface area contributed by atoms with E-state index in [4.69, 9.17) is 11.6 Å². The molecule has 5 rings (SSSR count). The van der Waals surface area contributed by atoms with E-state index in [0.29, 0.717) is 21.9 Å². The number of halogens is 1. The Hall–Kier alpha value is -3.91. The van der Waals surface area contributed by atoms with Crippen LogP contribution in [0.1, 0.15) is 5.56 Å². The number of carbonyl (C=O) groups excluding carboxylic acids is 1. The van der Waals surface area contributed by atoms with Crippen molar-refractivity contribution in [3.8, 4) is 11.3 Å². The van der Waals surface area contributed by atoms with Crippen LogP contribution in [0.15, 0.2) is 71.8 Å². The second kappa shape index (κ2) is 7.41. The van der Waals surface area contributed by atoms with Gasteiger partial charge in [0.2, 0.25) is 5.91 Å². The molecule has 0 saturated carbocycles. The fourth-order valence-corrected chi connectivity index (χ4v) is 3.50. The third-order valence-electron chi connectivity index (χ3n) is 4.96. The maximum Gasteiger partial charge on any atom is 0.350 e. The molecule has 3 heterocycles. The fraction of sp³-hybridized carbons (Fsp3) is 0.0909. The molecule has 0 aliphatic carbocycles. The van der Waals surface area contributed by atoms with Gasteiger partial charge in [0.1, 0.15) is 12.1 Å². The predicted molar refractivity (Wildman–Crippen MR) is 118 cm³/mol. The number of aromatic nitrogens is 5. The zero-order valence-corrected chi connectivity index (χ0v) is 17.2. The SMILES string of the molecule is Cc1ccc(NC(=O)Cn2nc3c4cc(-c5ccc(Cl)cc5)nn4ccn3c2=O)cc1. The summed E-state index contributed by atoms with van der Waals surface area (Å²) in [7, 11) is 0. The topological polar surface area (TPSA) is 85.7 Å². The molecule has 1 amide bonds. The van der Waals surface area contributed by atoms with Gasteiger partial charge in [0.15, 0.2) is 5.65 Å². The lowest BCUT2D eigenvalue weighted by molar-refractivity contribution is -0.117. The molecule has 0 saturated heterocycles. The molecule has 0 unspecified atom stereocenters. The van der Waals surface area contributed by atoms with Crippen LogP contribution in [0.3, 0.4) is 0 Å². The van der Waals surface area contributed by atoms with Crippen LogP contribution in [0, 0.1) is 6.92 Å². The number of nitrogens with one attached hydrogen (secondary N) is 1. The van der Waals surface area contributed by atoms with E-state index in [1.165, 1.54) is 4.40 Å². The molecule has 0 radical (unpaired) electrons. The zero-order chi connectivity index (χ0) is 21.5. The van der Waals surface area contributed by atoms with Crippen LogP contribution < -0.4 is 11.0 Å². The van der Waals surface area contributed by atoms with E-state index in [-0.39, 0.29) is 12.5 Å². The van der Waals surface area contributed by atoms with Crippen LogP contribution >= 0.6 is 11.6 Å². The average molecular weight is 433 g/mol. The Labute approximate surface area is 181 Å². The van der Waals surface area contributed by atoms with Gasteiger partial charge in [-0.15, -0.1) is 5.10 Å². The number of hydrogen-bond acceptors (Lipinski definition) is 4. The highest BCUT2D eigenvalue weighted by Crippen LogP contribution is 2.23. The second-order valence-electron chi connectivity index (χ2n) is 7.21. The minimum atomic E-state index is -0.397. The highest BCUT2D eigenvalue weighted by Gasteiger charge is 2.15. The Balaban J connectivity index is 1.48. The normalized spacial score (nSPS) is 11.3. The van der Waals surface area contributed by atoms with E-state index in [2.05, 4.69) is 15.5 Å². The summed E-state index contributed by atoms with van der Waals surface area (Å²) in [5.41, 5.74) is 4.06. The highest BCUT2D eigenvalue weighted by molar-refractivity contribution is 6.30. The first-order valence-corrected chi connectivity index (χ1v) is 9.96. The minimum Gasteiger partial charge on any atom is -0.324 e. The van der Waals surface area contributed by atoms with Crippen LogP contribution in [-0.2, 0) is 11.3 Å². The molecule has 0 spiro atoms. The molecule has 0 atom stereocenters. The van der Waals surface area contributed by atoms with Crippen molar-refractivity contribution in [2.24, 2.45) is 0 Å². The molecule has 0 aliphatic heterocycles. The Morgan fingerprint density at radius 2 is 1.77 bits per heavy atom. The smallest absolute Gasteiger partial charge is 0.324 e. The molecule has 9 heteroatoms. The molecule has 154 valence electrons. The third-order valence-corrected chi connectivity index (χ3v) is 5.21. The molecule has 8 nitrogen and oxygen atoms in total. The van der Waals surface area contributed by atoms with Crippen molar-refractivity contribution in [3.63, 3.8) is 0 Å². The first-order valence-electron chi connectivity index (χ1n) is 9.58. The van der Waals surface area contributed by atoms with E-state index < -0.39 is 5.69 Å². The summed E-state index contributed by atoms with van der Waals surface area (Å²) in [6, 6.07) is 16.6. The van der Waals surface area contributed by atoms with Gasteiger partial charge in [-0.05, 0) is 37.3 Å². The van der Waals surface area contributed by atoms with E-state index >= 15 is 0 Å². The van der Waals surface area contributed by atoms with Crippen molar-refractivity contribution in [1.82, 2.24) is 23.8 Å². The molecule has 0 bridgehead atoms. The van der Waals surface area contributed by atoms with Crippen molar-refractivity contribution in [1.29, 1.82) is 0 Å². The second-order valence-corrected chi connectivity index (χ2v) is 7.65. The molecule has 3 aromatic heterocycles. The van der Waals surface area contributed by atoms with E-state index in [9.17, 15) is 9.59 Å². The predicted octanol–water partition coefficient (Wildman–Crippen LogP) is 3.41. The van der Waals surface area contributed by atoms with Crippen molar-refractivity contribution >= 4 is 34.4 Å². The number of amides is 1. The molecule has 0 aliphatic rings. The van der Waals surface area contributed by atoms with Crippen molar-refractivity contribution in [3.05, 3.63) is 88.1 Å². The van der Waals surface area contributed by atoms with Gasteiger partial charge in [0, 0.05) is 28.7 Å². The number of fused-ring (bicyclic) bond motifs is 3. The number of nitrogens with zero attached hydrogens (tertiary/aromatic N) is 5. The molecule has 0 fully saturated rings. The van der Waals surface area contributed by atoms with Crippen molar-refractivity contribution < 1.29 is 4.79 Å². The zero-order valence-electron chi connectivity index (χ0n) is 16.5. The van der Waals surface area contributed by atoms with Crippen LogP contribution in [0.2, 0.25) is 5.02 Å². The van der Waals surface area contributed by atoms with E-state index in [0.717, 1.165) is 21.5 Å². The maximum absolute atomic E-state index is 12.8. The molecule has 5 aromatic rings. The van der Waals surface area contributed by atoms with Gasteiger partial charge >= 0.3 is 5.69 Å². The summed E-state index contributed by atoms with van der Waals surface area (Å²) in [6.07, 6.45) is 3.27. The Morgan fingerprint density at radius 1 is 1.03 bits per heavy atom. The third kappa shape index (κ3) is 3.57. The van der Waals surface area contributed by atoms with Gasteiger partial charge in [-0.25, -0.2) is 18.4 Å². The number of aryl methyl sites for hydroxylation is 1. The minimum absolute atomic E-state index is 0.196. The van der Waals surface area contributed by atoms with Crippen LogP contribution in [0.5, 0.6) is 0 Å².